The van der Waals surface area contributed by atoms with Crippen LogP contribution < -0.4 is 5.32 Å². The minimum absolute atomic E-state index is 0.316. The van der Waals surface area contributed by atoms with Crippen molar-refractivity contribution >= 4 is 11.6 Å². The molecule has 1 aliphatic carbocycles. The van der Waals surface area contributed by atoms with E-state index in [9.17, 15) is 9.70 Å². The summed E-state index contributed by atoms with van der Waals surface area (Å²) in [6.07, 6.45) is 3.21. The largest absolute Gasteiger partial charge is 0.324 e. The summed E-state index contributed by atoms with van der Waals surface area (Å²) in [5.41, 5.74) is 3.34. The zero-order valence-corrected chi connectivity index (χ0v) is 8.32. The number of hydrogen-bond acceptors (Lipinski definition) is 3. The van der Waals surface area contributed by atoms with Gasteiger partial charge in [0.25, 0.3) is 0 Å². The van der Waals surface area contributed by atoms with Gasteiger partial charge in [-0.05, 0) is 36.5 Å². The first-order valence-corrected chi connectivity index (χ1v) is 5.01. The van der Waals surface area contributed by atoms with E-state index < -0.39 is 0 Å². The van der Waals surface area contributed by atoms with E-state index in [2.05, 4.69) is 16.6 Å². The van der Waals surface area contributed by atoms with Crippen LogP contribution in [-0.4, -0.2) is 12.5 Å². The minimum Gasteiger partial charge on any atom is -0.324 e. The fourth-order valence-electron chi connectivity index (χ4n) is 1.99. The molecule has 0 heterocycles. The Bertz CT molecular complexity index is 402. The molecule has 15 heavy (non-hydrogen) atoms. The maximum atomic E-state index is 11.2. The van der Waals surface area contributed by atoms with Crippen LogP contribution in [0, 0.1) is 4.91 Å². The van der Waals surface area contributed by atoms with Crippen molar-refractivity contribution in [3.8, 4) is 0 Å². The molecule has 4 nitrogen and oxygen atoms in total. The van der Waals surface area contributed by atoms with Gasteiger partial charge >= 0.3 is 0 Å². The number of carbonyl (C=O) groups excluding carboxylic acids is 1. The van der Waals surface area contributed by atoms with E-state index >= 15 is 0 Å². The molecule has 2 rings (SSSR count). The highest BCUT2D eigenvalue weighted by molar-refractivity contribution is 5.93. The molecule has 0 saturated heterocycles. The van der Waals surface area contributed by atoms with Gasteiger partial charge in [0.1, 0.15) is 0 Å². The number of carbonyl (C=O) groups is 1. The van der Waals surface area contributed by atoms with Gasteiger partial charge in [-0.15, -0.1) is 0 Å². The molecule has 0 aliphatic heterocycles. The van der Waals surface area contributed by atoms with Crippen molar-refractivity contribution in [2.24, 2.45) is 5.18 Å². The first-order valence-electron chi connectivity index (χ1n) is 5.01. The highest BCUT2D eigenvalue weighted by Gasteiger charge is 2.15. The van der Waals surface area contributed by atoms with Crippen molar-refractivity contribution < 1.29 is 4.79 Å². The van der Waals surface area contributed by atoms with E-state index in [1.807, 2.05) is 12.1 Å². The summed E-state index contributed by atoms with van der Waals surface area (Å²) in [5.74, 6) is -0.342. The predicted octanol–water partition coefficient (Wildman–Crippen LogP) is 1.88. The third-order valence-corrected chi connectivity index (χ3v) is 2.63. The fourth-order valence-corrected chi connectivity index (χ4v) is 1.99. The molecule has 0 fully saturated rings. The van der Waals surface area contributed by atoms with Gasteiger partial charge in [0, 0.05) is 5.69 Å². The minimum atomic E-state index is -0.342. The van der Waals surface area contributed by atoms with Gasteiger partial charge in [0.2, 0.25) is 5.91 Å². The van der Waals surface area contributed by atoms with Crippen LogP contribution in [0.1, 0.15) is 17.5 Å². The second-order valence-electron chi connectivity index (χ2n) is 3.63. The van der Waals surface area contributed by atoms with Crippen molar-refractivity contribution in [2.75, 3.05) is 11.9 Å². The summed E-state index contributed by atoms with van der Waals surface area (Å²) in [7, 11) is 0. The molecule has 0 bridgehead atoms. The molecule has 1 amide bonds. The molecule has 0 radical (unpaired) electrons. The topological polar surface area (TPSA) is 58.5 Å². The molecule has 1 aromatic carbocycles. The molecular weight excluding hydrogens is 192 g/mol. The highest BCUT2D eigenvalue weighted by Crippen LogP contribution is 2.28. The van der Waals surface area contributed by atoms with E-state index in [0.717, 1.165) is 24.9 Å². The quantitative estimate of drug-likeness (QED) is 0.764. The van der Waals surface area contributed by atoms with Gasteiger partial charge < -0.3 is 5.32 Å². The average molecular weight is 204 g/mol. The second kappa shape index (κ2) is 4.21. The Morgan fingerprint density at radius 3 is 3.07 bits per heavy atom. The lowest BCUT2D eigenvalue weighted by molar-refractivity contribution is -0.114. The lowest BCUT2D eigenvalue weighted by Gasteiger charge is -2.08. The Morgan fingerprint density at radius 1 is 1.40 bits per heavy atom. The number of anilines is 1. The van der Waals surface area contributed by atoms with Crippen LogP contribution in [0.15, 0.2) is 23.4 Å². The zero-order valence-electron chi connectivity index (χ0n) is 8.32. The molecule has 0 spiro atoms. The number of nitroso groups, excluding NO2 is 1. The van der Waals surface area contributed by atoms with E-state index in [1.54, 1.807) is 0 Å². The number of amides is 1. The molecule has 4 heteroatoms. The zero-order chi connectivity index (χ0) is 10.7. The summed E-state index contributed by atoms with van der Waals surface area (Å²) < 4.78 is 0. The highest BCUT2D eigenvalue weighted by atomic mass is 16.3. The van der Waals surface area contributed by atoms with Crippen molar-refractivity contribution in [1.82, 2.24) is 0 Å². The van der Waals surface area contributed by atoms with Gasteiger partial charge in [-0.25, -0.2) is 0 Å². The number of hydrogen-bond donors (Lipinski definition) is 1. The lowest BCUT2D eigenvalue weighted by atomic mass is 10.1. The van der Waals surface area contributed by atoms with Crippen LogP contribution in [0.4, 0.5) is 5.69 Å². The lowest BCUT2D eigenvalue weighted by Crippen LogP contribution is -2.15. The number of rotatable bonds is 3. The molecule has 1 aliphatic rings. The molecule has 1 aromatic rings. The van der Waals surface area contributed by atoms with Crippen LogP contribution >= 0.6 is 0 Å². The number of benzene rings is 1. The molecule has 0 aromatic heterocycles. The SMILES string of the molecule is O=NCC(=O)Nc1cccc2c1CCC2. The average Bonchev–Trinajstić information content (AvgIpc) is 2.67. The van der Waals surface area contributed by atoms with Gasteiger partial charge in [0.15, 0.2) is 6.54 Å². The van der Waals surface area contributed by atoms with Crippen LogP contribution in [0.2, 0.25) is 0 Å². The van der Waals surface area contributed by atoms with E-state index in [1.165, 1.54) is 11.1 Å². The van der Waals surface area contributed by atoms with Crippen LogP contribution in [-0.2, 0) is 17.6 Å². The van der Waals surface area contributed by atoms with Crippen LogP contribution in [0.5, 0.6) is 0 Å². The van der Waals surface area contributed by atoms with Crippen molar-refractivity contribution in [3.63, 3.8) is 0 Å². The van der Waals surface area contributed by atoms with Gasteiger partial charge in [-0.1, -0.05) is 17.3 Å². The third kappa shape index (κ3) is 2.03. The molecule has 0 saturated carbocycles. The Kier molecular flexibility index (Phi) is 2.76. The summed E-state index contributed by atoms with van der Waals surface area (Å²) in [6, 6.07) is 5.87. The fraction of sp³-hybridized carbons (Fsp3) is 0.364. The Balaban J connectivity index is 2.18. The standard InChI is InChI=1S/C11H12N2O2/c14-11(7-12-15)13-10-6-2-4-8-3-1-5-9(8)10/h2,4,6H,1,3,5,7H2,(H,13,14). The normalized spacial score (nSPS) is 13.3. The van der Waals surface area contributed by atoms with Gasteiger partial charge in [0.05, 0.1) is 0 Å². The Labute approximate surface area is 87.7 Å². The summed E-state index contributed by atoms with van der Waals surface area (Å²) in [6.45, 7) is -0.316. The number of fused-ring (bicyclic) bond motifs is 1. The van der Waals surface area contributed by atoms with Crippen LogP contribution in [0.25, 0.3) is 0 Å². The van der Waals surface area contributed by atoms with Crippen LogP contribution in [0.3, 0.4) is 0 Å². The van der Waals surface area contributed by atoms with Crippen molar-refractivity contribution in [2.45, 2.75) is 19.3 Å². The molecule has 1 N–H and O–H groups in total. The number of nitrogens with one attached hydrogen (secondary N) is 1. The monoisotopic (exact) mass is 204 g/mol. The molecule has 0 unspecified atom stereocenters. The predicted molar refractivity (Wildman–Crippen MR) is 57.8 cm³/mol. The molecule has 78 valence electrons. The van der Waals surface area contributed by atoms with Gasteiger partial charge in [-0.2, -0.15) is 4.91 Å². The summed E-state index contributed by atoms with van der Waals surface area (Å²) in [5, 5.41) is 5.27. The van der Waals surface area contributed by atoms with Gasteiger partial charge in [-0.3, -0.25) is 4.79 Å². The van der Waals surface area contributed by atoms with E-state index in [0.29, 0.717) is 0 Å². The Hall–Kier alpha value is -1.71. The second-order valence-corrected chi connectivity index (χ2v) is 3.63. The van der Waals surface area contributed by atoms with E-state index in [-0.39, 0.29) is 12.5 Å². The molecule has 0 atom stereocenters. The maximum Gasteiger partial charge on any atom is 0.249 e. The number of aryl methyl sites for hydroxylation is 1. The first-order chi connectivity index (χ1) is 7.31. The summed E-state index contributed by atoms with van der Waals surface area (Å²) >= 11 is 0. The van der Waals surface area contributed by atoms with Crippen molar-refractivity contribution in [3.05, 3.63) is 34.2 Å². The smallest absolute Gasteiger partial charge is 0.249 e. The molecular formula is C11H12N2O2. The summed E-state index contributed by atoms with van der Waals surface area (Å²) in [4.78, 5) is 21.1. The first kappa shape index (κ1) is 9.83. The van der Waals surface area contributed by atoms with E-state index in [4.69, 9.17) is 0 Å². The number of nitrogens with zero attached hydrogens (tertiary/aromatic N) is 1. The third-order valence-electron chi connectivity index (χ3n) is 2.63. The van der Waals surface area contributed by atoms with Crippen molar-refractivity contribution in [1.29, 1.82) is 0 Å². The maximum absolute atomic E-state index is 11.2. The Morgan fingerprint density at radius 2 is 2.27 bits per heavy atom.